The monoisotopic (exact) mass is 334 g/mol. The summed E-state index contributed by atoms with van der Waals surface area (Å²) >= 11 is 0. The Morgan fingerprint density at radius 2 is 1.64 bits per heavy atom. The van der Waals surface area contributed by atoms with Gasteiger partial charge in [0.25, 0.3) is 0 Å². The lowest BCUT2D eigenvalue weighted by Gasteiger charge is -2.18. The summed E-state index contributed by atoms with van der Waals surface area (Å²) in [6, 6.07) is 19.9. The van der Waals surface area contributed by atoms with E-state index in [1.807, 2.05) is 42.5 Å². The van der Waals surface area contributed by atoms with E-state index < -0.39 is 0 Å². The fraction of sp³-hybridized carbons (Fsp3) is 0.143. The van der Waals surface area contributed by atoms with E-state index in [2.05, 4.69) is 10.3 Å². The van der Waals surface area contributed by atoms with Gasteiger partial charge in [-0.3, -0.25) is 9.78 Å². The molecule has 0 saturated heterocycles. The predicted molar refractivity (Wildman–Crippen MR) is 95.4 cm³/mol. The smallest absolute Gasteiger partial charge is 0.221 e. The highest BCUT2D eigenvalue weighted by molar-refractivity contribution is 5.77. The first-order chi connectivity index (χ1) is 12.2. The Balaban J connectivity index is 1.76. The Morgan fingerprint density at radius 3 is 2.36 bits per heavy atom. The molecule has 0 unspecified atom stereocenters. The molecule has 0 aliphatic carbocycles. The second-order valence-electron chi connectivity index (χ2n) is 5.82. The second-order valence-corrected chi connectivity index (χ2v) is 5.82. The molecular formula is C21H19FN2O. The molecule has 1 atom stereocenters. The summed E-state index contributed by atoms with van der Waals surface area (Å²) in [4.78, 5) is 16.4. The highest BCUT2D eigenvalue weighted by atomic mass is 19.1. The first-order valence-corrected chi connectivity index (χ1v) is 8.19. The van der Waals surface area contributed by atoms with E-state index in [0.29, 0.717) is 12.1 Å². The molecule has 0 radical (unpaired) electrons. The maximum Gasteiger partial charge on any atom is 0.221 e. The zero-order valence-corrected chi connectivity index (χ0v) is 13.7. The number of rotatable bonds is 6. The summed E-state index contributed by atoms with van der Waals surface area (Å²) in [6.45, 7) is 0.431. The summed E-state index contributed by atoms with van der Waals surface area (Å²) in [5.74, 6) is -0.730. The van der Waals surface area contributed by atoms with E-state index >= 15 is 0 Å². The Kier molecular flexibility index (Phi) is 5.52. The third-order valence-electron chi connectivity index (χ3n) is 4.11. The van der Waals surface area contributed by atoms with Crippen LogP contribution in [-0.4, -0.2) is 10.9 Å². The van der Waals surface area contributed by atoms with Gasteiger partial charge < -0.3 is 5.32 Å². The second kappa shape index (κ2) is 8.20. The van der Waals surface area contributed by atoms with Gasteiger partial charge in [0.05, 0.1) is 0 Å². The molecule has 0 aliphatic rings. The molecule has 1 amide bonds. The number of aromatic nitrogens is 1. The lowest BCUT2D eigenvalue weighted by atomic mass is 9.88. The number of carbonyl (C=O) groups is 1. The Hall–Kier alpha value is -3.01. The van der Waals surface area contributed by atoms with Gasteiger partial charge in [-0.1, -0.05) is 48.5 Å². The topological polar surface area (TPSA) is 42.0 Å². The maximum atomic E-state index is 14.3. The molecule has 3 rings (SSSR count). The third kappa shape index (κ3) is 4.51. The van der Waals surface area contributed by atoms with Crippen LogP contribution in [0.5, 0.6) is 0 Å². The number of halogens is 1. The SMILES string of the molecule is O=C(C[C@@H](c1ccccc1)c1ccccc1F)NCc1ccncc1. The molecule has 0 spiro atoms. The van der Waals surface area contributed by atoms with E-state index in [9.17, 15) is 9.18 Å². The molecule has 0 fully saturated rings. The van der Waals surface area contributed by atoms with Gasteiger partial charge in [0.1, 0.15) is 5.82 Å². The Labute approximate surface area is 146 Å². The molecule has 3 nitrogen and oxygen atoms in total. The number of benzene rings is 2. The summed E-state index contributed by atoms with van der Waals surface area (Å²) in [7, 11) is 0. The third-order valence-corrected chi connectivity index (χ3v) is 4.11. The van der Waals surface area contributed by atoms with Gasteiger partial charge in [0.2, 0.25) is 5.91 Å². The zero-order valence-electron chi connectivity index (χ0n) is 13.7. The number of pyridine rings is 1. The summed E-state index contributed by atoms with van der Waals surface area (Å²) in [5, 5.41) is 2.90. The molecular weight excluding hydrogens is 315 g/mol. The fourth-order valence-electron chi connectivity index (χ4n) is 2.81. The van der Waals surface area contributed by atoms with Crippen molar-refractivity contribution in [1.29, 1.82) is 0 Å². The molecule has 0 bridgehead atoms. The van der Waals surface area contributed by atoms with Gasteiger partial charge in [-0.05, 0) is 34.9 Å². The molecule has 0 saturated carbocycles. The first kappa shape index (κ1) is 16.8. The van der Waals surface area contributed by atoms with Crippen molar-refractivity contribution in [3.8, 4) is 0 Å². The van der Waals surface area contributed by atoms with Crippen molar-refractivity contribution >= 4 is 5.91 Å². The molecule has 4 heteroatoms. The number of carbonyl (C=O) groups excluding carboxylic acids is 1. The van der Waals surface area contributed by atoms with Crippen LogP contribution in [0.1, 0.15) is 29.0 Å². The van der Waals surface area contributed by atoms with Crippen LogP contribution >= 0.6 is 0 Å². The van der Waals surface area contributed by atoms with Gasteiger partial charge in [-0.2, -0.15) is 0 Å². The quantitative estimate of drug-likeness (QED) is 0.739. The number of hydrogen-bond donors (Lipinski definition) is 1. The Morgan fingerprint density at radius 1 is 0.960 bits per heavy atom. The standard InChI is InChI=1S/C21H19FN2O/c22-20-9-5-4-8-18(20)19(17-6-2-1-3-7-17)14-21(25)24-15-16-10-12-23-13-11-16/h1-13,19H,14-15H2,(H,24,25)/t19-/m0/s1. The highest BCUT2D eigenvalue weighted by Gasteiger charge is 2.20. The average molecular weight is 334 g/mol. The first-order valence-electron chi connectivity index (χ1n) is 8.19. The van der Waals surface area contributed by atoms with E-state index in [1.165, 1.54) is 6.07 Å². The van der Waals surface area contributed by atoms with Crippen LogP contribution in [0.2, 0.25) is 0 Å². The predicted octanol–water partition coefficient (Wildman–Crippen LogP) is 4.06. The van der Waals surface area contributed by atoms with Crippen molar-refractivity contribution < 1.29 is 9.18 Å². The Bertz CT molecular complexity index is 822. The van der Waals surface area contributed by atoms with Crippen LogP contribution in [0.15, 0.2) is 79.1 Å². The van der Waals surface area contributed by atoms with Gasteiger partial charge >= 0.3 is 0 Å². The minimum Gasteiger partial charge on any atom is -0.352 e. The molecule has 0 aliphatic heterocycles. The van der Waals surface area contributed by atoms with Crippen molar-refractivity contribution in [3.05, 3.63) is 102 Å². The molecule has 2 aromatic carbocycles. The van der Waals surface area contributed by atoms with Crippen LogP contribution in [0.25, 0.3) is 0 Å². The van der Waals surface area contributed by atoms with Crippen LogP contribution < -0.4 is 5.32 Å². The van der Waals surface area contributed by atoms with E-state index in [4.69, 9.17) is 0 Å². The minimum atomic E-state index is -0.320. The van der Waals surface area contributed by atoms with Crippen LogP contribution in [0, 0.1) is 5.82 Å². The van der Waals surface area contributed by atoms with Gasteiger partial charge in [0, 0.05) is 31.3 Å². The van der Waals surface area contributed by atoms with Crippen molar-refractivity contribution in [2.75, 3.05) is 0 Å². The van der Waals surface area contributed by atoms with Crippen LogP contribution in [-0.2, 0) is 11.3 Å². The highest BCUT2D eigenvalue weighted by Crippen LogP contribution is 2.29. The maximum absolute atomic E-state index is 14.3. The van der Waals surface area contributed by atoms with Gasteiger partial charge in [-0.15, -0.1) is 0 Å². The van der Waals surface area contributed by atoms with Crippen molar-refractivity contribution in [3.63, 3.8) is 0 Å². The summed E-state index contributed by atoms with van der Waals surface area (Å²) in [6.07, 6.45) is 3.57. The molecule has 25 heavy (non-hydrogen) atoms. The molecule has 1 N–H and O–H groups in total. The molecule has 126 valence electrons. The largest absolute Gasteiger partial charge is 0.352 e. The minimum absolute atomic E-state index is 0.117. The number of hydrogen-bond acceptors (Lipinski definition) is 2. The normalized spacial score (nSPS) is 11.7. The molecule has 1 heterocycles. The zero-order chi connectivity index (χ0) is 17.5. The summed E-state index contributed by atoms with van der Waals surface area (Å²) < 4.78 is 14.3. The van der Waals surface area contributed by atoms with Crippen molar-refractivity contribution in [2.45, 2.75) is 18.9 Å². The van der Waals surface area contributed by atoms with Gasteiger partial charge in [-0.25, -0.2) is 4.39 Å². The van der Waals surface area contributed by atoms with E-state index in [1.54, 1.807) is 30.6 Å². The number of nitrogens with one attached hydrogen (secondary N) is 1. The van der Waals surface area contributed by atoms with E-state index in [0.717, 1.165) is 11.1 Å². The molecule has 1 aromatic heterocycles. The number of amides is 1. The molecule has 3 aromatic rings. The van der Waals surface area contributed by atoms with E-state index in [-0.39, 0.29) is 24.1 Å². The summed E-state index contributed by atoms with van der Waals surface area (Å²) in [5.41, 5.74) is 2.44. The van der Waals surface area contributed by atoms with Crippen molar-refractivity contribution in [1.82, 2.24) is 10.3 Å². The average Bonchev–Trinajstić information content (AvgIpc) is 2.67. The lowest BCUT2D eigenvalue weighted by molar-refractivity contribution is -0.121. The van der Waals surface area contributed by atoms with Crippen molar-refractivity contribution in [2.24, 2.45) is 0 Å². The number of nitrogens with zero attached hydrogens (tertiary/aromatic N) is 1. The fourth-order valence-corrected chi connectivity index (χ4v) is 2.81. The van der Waals surface area contributed by atoms with Crippen LogP contribution in [0.4, 0.5) is 4.39 Å². The van der Waals surface area contributed by atoms with Crippen LogP contribution in [0.3, 0.4) is 0 Å². The van der Waals surface area contributed by atoms with Gasteiger partial charge in [0.15, 0.2) is 0 Å². The lowest BCUT2D eigenvalue weighted by Crippen LogP contribution is -2.25.